The van der Waals surface area contributed by atoms with E-state index in [1.165, 1.54) is 0 Å². The van der Waals surface area contributed by atoms with Gasteiger partial charge in [0.05, 0.1) is 11.7 Å². The molecule has 1 atom stereocenters. The molecule has 3 rings (SSSR count). The Hall–Kier alpha value is -2.56. The Kier molecular flexibility index (Phi) is 7.50. The highest BCUT2D eigenvalue weighted by atomic mass is 35.5. The predicted octanol–water partition coefficient (Wildman–Crippen LogP) is 5.78. The van der Waals surface area contributed by atoms with Crippen LogP contribution in [-0.2, 0) is 17.8 Å². The lowest BCUT2D eigenvalue weighted by Crippen LogP contribution is -2.26. The number of rotatable bonds is 8. The van der Waals surface area contributed by atoms with Gasteiger partial charge < -0.3 is 10.1 Å². The number of ether oxygens (including phenoxy) is 1. The van der Waals surface area contributed by atoms with Crippen molar-refractivity contribution >= 4 is 29.1 Å². The van der Waals surface area contributed by atoms with Crippen molar-refractivity contribution in [1.29, 1.82) is 0 Å². The number of aryl methyl sites for hydroxylation is 1. The Morgan fingerprint density at radius 1 is 1.10 bits per heavy atom. The Balaban J connectivity index is 1.53. The van der Waals surface area contributed by atoms with E-state index in [4.69, 9.17) is 27.9 Å². The van der Waals surface area contributed by atoms with Crippen molar-refractivity contribution in [3.8, 4) is 5.75 Å². The van der Waals surface area contributed by atoms with E-state index in [1.807, 2.05) is 55.5 Å². The molecule has 1 unspecified atom stereocenters. The number of nitrogens with one attached hydrogen (secondary N) is 1. The van der Waals surface area contributed by atoms with Crippen molar-refractivity contribution in [3.05, 3.63) is 93.7 Å². The summed E-state index contributed by atoms with van der Waals surface area (Å²) in [5.74, 6) is 0.700. The van der Waals surface area contributed by atoms with Crippen molar-refractivity contribution in [1.82, 2.24) is 10.3 Å². The summed E-state index contributed by atoms with van der Waals surface area (Å²) in [4.78, 5) is 16.6. The SMILES string of the molecule is CC(NC(=O)CCc1ccc(Cl)cc1Cl)c1cccc(OCc2ccccn2)c1. The highest BCUT2D eigenvalue weighted by Crippen LogP contribution is 2.23. The molecule has 3 aromatic rings. The maximum atomic E-state index is 12.4. The Labute approximate surface area is 180 Å². The largest absolute Gasteiger partial charge is 0.487 e. The average molecular weight is 429 g/mol. The van der Waals surface area contributed by atoms with Crippen molar-refractivity contribution in [2.75, 3.05) is 0 Å². The molecule has 0 spiro atoms. The number of benzene rings is 2. The fourth-order valence-corrected chi connectivity index (χ4v) is 3.39. The van der Waals surface area contributed by atoms with E-state index < -0.39 is 0 Å². The highest BCUT2D eigenvalue weighted by Gasteiger charge is 2.12. The van der Waals surface area contributed by atoms with Crippen LogP contribution in [0.3, 0.4) is 0 Å². The quantitative estimate of drug-likeness (QED) is 0.494. The van der Waals surface area contributed by atoms with E-state index in [2.05, 4.69) is 10.3 Å². The van der Waals surface area contributed by atoms with E-state index >= 15 is 0 Å². The number of nitrogens with zero attached hydrogens (tertiary/aromatic N) is 1. The minimum Gasteiger partial charge on any atom is -0.487 e. The molecule has 1 amide bonds. The summed E-state index contributed by atoms with van der Waals surface area (Å²) >= 11 is 12.1. The maximum Gasteiger partial charge on any atom is 0.220 e. The molecule has 4 nitrogen and oxygen atoms in total. The fraction of sp³-hybridized carbons (Fsp3) is 0.217. The lowest BCUT2D eigenvalue weighted by atomic mass is 10.1. The van der Waals surface area contributed by atoms with Crippen molar-refractivity contribution in [2.45, 2.75) is 32.4 Å². The highest BCUT2D eigenvalue weighted by molar-refractivity contribution is 6.35. The van der Waals surface area contributed by atoms with Crippen LogP contribution in [0, 0.1) is 0 Å². The summed E-state index contributed by atoms with van der Waals surface area (Å²) in [7, 11) is 0. The van der Waals surface area contributed by atoms with Gasteiger partial charge in [0.25, 0.3) is 0 Å². The first kappa shape index (κ1) is 21.2. The van der Waals surface area contributed by atoms with Gasteiger partial charge in [0, 0.05) is 22.7 Å². The molecule has 0 saturated heterocycles. The number of carbonyl (C=O) groups is 1. The third-order valence-corrected chi connectivity index (χ3v) is 5.07. The molecule has 1 heterocycles. The van der Waals surface area contributed by atoms with Crippen LogP contribution in [-0.4, -0.2) is 10.9 Å². The zero-order valence-electron chi connectivity index (χ0n) is 16.1. The van der Waals surface area contributed by atoms with E-state index in [0.717, 1.165) is 22.6 Å². The Morgan fingerprint density at radius 2 is 1.97 bits per heavy atom. The summed E-state index contributed by atoms with van der Waals surface area (Å²) in [6, 6.07) is 18.6. The van der Waals surface area contributed by atoms with Gasteiger partial charge in [0.2, 0.25) is 5.91 Å². The van der Waals surface area contributed by atoms with Crippen molar-refractivity contribution in [2.24, 2.45) is 0 Å². The van der Waals surface area contributed by atoms with Gasteiger partial charge in [0.1, 0.15) is 12.4 Å². The zero-order valence-corrected chi connectivity index (χ0v) is 17.6. The van der Waals surface area contributed by atoms with Gasteiger partial charge in [-0.1, -0.05) is 47.5 Å². The molecule has 0 aliphatic heterocycles. The second-order valence-corrected chi connectivity index (χ2v) is 7.55. The molecule has 1 aromatic heterocycles. The normalized spacial score (nSPS) is 11.7. The number of carbonyl (C=O) groups excluding carboxylic acids is 1. The van der Waals surface area contributed by atoms with Gasteiger partial charge in [-0.25, -0.2) is 0 Å². The van der Waals surface area contributed by atoms with E-state index in [0.29, 0.717) is 29.5 Å². The molecule has 0 aliphatic carbocycles. The second kappa shape index (κ2) is 10.3. The topological polar surface area (TPSA) is 51.2 Å². The van der Waals surface area contributed by atoms with Crippen LogP contribution in [0.1, 0.15) is 36.2 Å². The lowest BCUT2D eigenvalue weighted by molar-refractivity contribution is -0.121. The van der Waals surface area contributed by atoms with E-state index in [1.54, 1.807) is 18.3 Å². The van der Waals surface area contributed by atoms with Crippen LogP contribution in [0.2, 0.25) is 10.0 Å². The average Bonchev–Trinajstić information content (AvgIpc) is 2.72. The van der Waals surface area contributed by atoms with Crippen LogP contribution in [0.5, 0.6) is 5.75 Å². The summed E-state index contributed by atoms with van der Waals surface area (Å²) < 4.78 is 5.82. The molecule has 0 radical (unpaired) electrons. The molecule has 150 valence electrons. The third-order valence-electron chi connectivity index (χ3n) is 4.48. The van der Waals surface area contributed by atoms with Gasteiger partial charge >= 0.3 is 0 Å². The van der Waals surface area contributed by atoms with Crippen molar-refractivity contribution < 1.29 is 9.53 Å². The smallest absolute Gasteiger partial charge is 0.220 e. The van der Waals surface area contributed by atoms with Gasteiger partial charge in [-0.3, -0.25) is 9.78 Å². The second-order valence-electron chi connectivity index (χ2n) is 6.71. The molecule has 29 heavy (non-hydrogen) atoms. The summed E-state index contributed by atoms with van der Waals surface area (Å²) in [5.41, 5.74) is 2.74. The molecule has 0 bridgehead atoms. The van der Waals surface area contributed by atoms with E-state index in [9.17, 15) is 4.79 Å². The Bertz CT molecular complexity index is 964. The number of pyridine rings is 1. The van der Waals surface area contributed by atoms with Gasteiger partial charge in [0.15, 0.2) is 0 Å². The lowest BCUT2D eigenvalue weighted by Gasteiger charge is -2.16. The van der Waals surface area contributed by atoms with E-state index in [-0.39, 0.29) is 11.9 Å². The molecule has 0 aliphatic rings. The summed E-state index contributed by atoms with van der Waals surface area (Å²) in [6.45, 7) is 2.35. The van der Waals surface area contributed by atoms with Crippen molar-refractivity contribution in [3.63, 3.8) is 0 Å². The summed E-state index contributed by atoms with van der Waals surface area (Å²) in [5, 5.41) is 4.19. The first-order valence-electron chi connectivity index (χ1n) is 9.37. The fourth-order valence-electron chi connectivity index (χ4n) is 2.88. The number of halogens is 2. The third kappa shape index (κ3) is 6.48. The van der Waals surface area contributed by atoms with Crippen LogP contribution >= 0.6 is 23.2 Å². The van der Waals surface area contributed by atoms with Gasteiger partial charge in [-0.05, 0) is 60.9 Å². The number of hydrogen-bond acceptors (Lipinski definition) is 3. The first-order valence-corrected chi connectivity index (χ1v) is 10.1. The minimum atomic E-state index is -0.137. The zero-order chi connectivity index (χ0) is 20.6. The molecule has 1 N–H and O–H groups in total. The number of hydrogen-bond donors (Lipinski definition) is 1. The predicted molar refractivity (Wildman–Crippen MR) is 116 cm³/mol. The van der Waals surface area contributed by atoms with Gasteiger partial charge in [-0.2, -0.15) is 0 Å². The van der Waals surface area contributed by atoms with Crippen LogP contribution in [0.15, 0.2) is 66.9 Å². The van der Waals surface area contributed by atoms with Crippen LogP contribution in [0.25, 0.3) is 0 Å². The molecule has 0 fully saturated rings. The Morgan fingerprint density at radius 3 is 2.72 bits per heavy atom. The molecule has 2 aromatic carbocycles. The monoisotopic (exact) mass is 428 g/mol. The first-order chi connectivity index (χ1) is 14.0. The standard InChI is InChI=1S/C23H22Cl2N2O2/c1-16(27-23(28)11-9-17-8-10-19(24)14-22(17)25)18-5-4-7-21(13-18)29-15-20-6-2-3-12-26-20/h2-8,10,12-14,16H,9,11,15H2,1H3,(H,27,28). The van der Waals surface area contributed by atoms with Gasteiger partial charge in [-0.15, -0.1) is 0 Å². The van der Waals surface area contributed by atoms with Crippen LogP contribution < -0.4 is 10.1 Å². The molecular weight excluding hydrogens is 407 g/mol. The molecular formula is C23H22Cl2N2O2. The van der Waals surface area contributed by atoms with Crippen LogP contribution in [0.4, 0.5) is 0 Å². The number of aromatic nitrogens is 1. The number of amides is 1. The minimum absolute atomic E-state index is 0.0386. The maximum absolute atomic E-state index is 12.4. The molecule has 0 saturated carbocycles. The molecule has 6 heteroatoms. The summed E-state index contributed by atoms with van der Waals surface area (Å²) in [6.07, 6.45) is 2.65.